The van der Waals surface area contributed by atoms with Crippen LogP contribution >= 0.6 is 11.6 Å². The Kier molecular flexibility index (Phi) is 4.72. The van der Waals surface area contributed by atoms with Crippen LogP contribution in [0.1, 0.15) is 49.3 Å². The highest BCUT2D eigenvalue weighted by Crippen LogP contribution is 2.37. The molecule has 0 bridgehead atoms. The van der Waals surface area contributed by atoms with Crippen molar-refractivity contribution in [2.45, 2.75) is 58.3 Å². The Balaban J connectivity index is 2.12. The lowest BCUT2D eigenvalue weighted by molar-refractivity contribution is 0.264. The second-order valence-electron chi connectivity index (χ2n) is 5.94. The van der Waals surface area contributed by atoms with Crippen LogP contribution in [0.3, 0.4) is 0 Å². The van der Waals surface area contributed by atoms with E-state index < -0.39 is 0 Å². The zero-order chi connectivity index (χ0) is 13.1. The van der Waals surface area contributed by atoms with Crippen molar-refractivity contribution in [3.63, 3.8) is 0 Å². The van der Waals surface area contributed by atoms with Crippen molar-refractivity contribution in [2.75, 3.05) is 0 Å². The summed E-state index contributed by atoms with van der Waals surface area (Å²) in [5, 5.41) is 0.381. The van der Waals surface area contributed by atoms with Crippen molar-refractivity contribution in [3.05, 3.63) is 34.9 Å². The molecule has 0 nitrogen and oxygen atoms in total. The summed E-state index contributed by atoms with van der Waals surface area (Å²) >= 11 is 6.56. The van der Waals surface area contributed by atoms with E-state index in [1.807, 2.05) is 0 Å². The molecular weight excluding hydrogens is 240 g/mol. The van der Waals surface area contributed by atoms with Crippen LogP contribution in [0.4, 0.5) is 0 Å². The third kappa shape index (κ3) is 3.09. The van der Waals surface area contributed by atoms with Crippen molar-refractivity contribution in [1.82, 2.24) is 0 Å². The van der Waals surface area contributed by atoms with Crippen LogP contribution in [0, 0.1) is 25.7 Å². The molecule has 0 amide bonds. The minimum absolute atomic E-state index is 0.381. The maximum atomic E-state index is 6.56. The molecule has 0 N–H and O–H groups in total. The van der Waals surface area contributed by atoms with Gasteiger partial charge < -0.3 is 0 Å². The van der Waals surface area contributed by atoms with Crippen LogP contribution < -0.4 is 0 Å². The largest absolute Gasteiger partial charge is 0.123 e. The first kappa shape index (κ1) is 13.9. The van der Waals surface area contributed by atoms with E-state index in [0.717, 1.165) is 5.92 Å². The lowest BCUT2D eigenvalue weighted by Crippen LogP contribution is -2.27. The highest BCUT2D eigenvalue weighted by molar-refractivity contribution is 6.20. The fourth-order valence-electron chi connectivity index (χ4n) is 3.34. The molecular formula is C17H25Cl. The number of hydrogen-bond donors (Lipinski definition) is 0. The Hall–Kier alpha value is -0.490. The molecule has 1 aromatic carbocycles. The Morgan fingerprint density at radius 2 is 1.83 bits per heavy atom. The van der Waals surface area contributed by atoms with Gasteiger partial charge in [0, 0.05) is 5.38 Å². The van der Waals surface area contributed by atoms with Gasteiger partial charge in [-0.3, -0.25) is 0 Å². The summed E-state index contributed by atoms with van der Waals surface area (Å²) in [6.07, 6.45) is 6.33. The van der Waals surface area contributed by atoms with E-state index in [0.29, 0.717) is 11.3 Å². The van der Waals surface area contributed by atoms with Gasteiger partial charge in [0.1, 0.15) is 0 Å². The average molecular weight is 265 g/mol. The van der Waals surface area contributed by atoms with Crippen molar-refractivity contribution in [2.24, 2.45) is 11.8 Å². The van der Waals surface area contributed by atoms with Crippen molar-refractivity contribution < 1.29 is 0 Å². The third-order valence-electron chi connectivity index (χ3n) is 4.69. The van der Waals surface area contributed by atoms with Crippen LogP contribution in [0.2, 0.25) is 0 Å². The molecule has 1 fully saturated rings. The molecule has 1 aliphatic carbocycles. The SMILES string of the molecule is CCC1CCC(Cl)C(Cc2c(C)cccc2C)C1. The van der Waals surface area contributed by atoms with Crippen molar-refractivity contribution >= 4 is 11.6 Å². The molecule has 0 aromatic heterocycles. The molecule has 1 aliphatic rings. The number of alkyl halides is 1. The molecule has 3 unspecified atom stereocenters. The summed E-state index contributed by atoms with van der Waals surface area (Å²) in [5.41, 5.74) is 4.39. The predicted octanol–water partition coefficient (Wildman–Crippen LogP) is 5.28. The van der Waals surface area contributed by atoms with Crippen LogP contribution in [-0.2, 0) is 6.42 Å². The lowest BCUT2D eigenvalue weighted by atomic mass is 9.76. The summed E-state index contributed by atoms with van der Waals surface area (Å²) in [5.74, 6) is 1.57. The fraction of sp³-hybridized carbons (Fsp3) is 0.647. The van der Waals surface area contributed by atoms with E-state index >= 15 is 0 Å². The topological polar surface area (TPSA) is 0 Å². The first-order valence-corrected chi connectivity index (χ1v) is 7.74. The first-order valence-electron chi connectivity index (χ1n) is 7.31. The first-order chi connectivity index (χ1) is 8.61. The van der Waals surface area contributed by atoms with E-state index in [1.54, 1.807) is 0 Å². The number of hydrogen-bond acceptors (Lipinski definition) is 0. The van der Waals surface area contributed by atoms with Gasteiger partial charge in [0.05, 0.1) is 0 Å². The van der Waals surface area contributed by atoms with E-state index in [9.17, 15) is 0 Å². The second-order valence-corrected chi connectivity index (χ2v) is 6.50. The predicted molar refractivity (Wildman–Crippen MR) is 80.4 cm³/mol. The van der Waals surface area contributed by atoms with Gasteiger partial charge >= 0.3 is 0 Å². The van der Waals surface area contributed by atoms with Crippen LogP contribution in [-0.4, -0.2) is 5.38 Å². The van der Waals surface area contributed by atoms with Crippen LogP contribution in [0.15, 0.2) is 18.2 Å². The number of benzene rings is 1. The highest BCUT2D eigenvalue weighted by atomic mass is 35.5. The van der Waals surface area contributed by atoms with Gasteiger partial charge in [-0.15, -0.1) is 11.6 Å². The highest BCUT2D eigenvalue weighted by Gasteiger charge is 2.28. The second kappa shape index (κ2) is 6.10. The van der Waals surface area contributed by atoms with Gasteiger partial charge in [0.15, 0.2) is 0 Å². The van der Waals surface area contributed by atoms with Gasteiger partial charge in [-0.1, -0.05) is 31.5 Å². The molecule has 100 valence electrons. The van der Waals surface area contributed by atoms with Gasteiger partial charge in [0.25, 0.3) is 0 Å². The molecule has 18 heavy (non-hydrogen) atoms. The smallest absolute Gasteiger partial charge is 0.0367 e. The molecule has 0 aliphatic heterocycles. The lowest BCUT2D eigenvalue weighted by Gasteiger charge is -2.33. The normalized spacial score (nSPS) is 28.3. The Labute approximate surface area is 117 Å². The van der Waals surface area contributed by atoms with Crippen molar-refractivity contribution in [1.29, 1.82) is 0 Å². The molecule has 0 spiro atoms. The quantitative estimate of drug-likeness (QED) is 0.652. The fourth-order valence-corrected chi connectivity index (χ4v) is 3.66. The maximum Gasteiger partial charge on any atom is 0.0367 e. The van der Waals surface area contributed by atoms with Crippen LogP contribution in [0.25, 0.3) is 0 Å². The summed E-state index contributed by atoms with van der Waals surface area (Å²) in [6.45, 7) is 6.77. The van der Waals surface area contributed by atoms with E-state index in [-0.39, 0.29) is 0 Å². The molecule has 3 atom stereocenters. The molecule has 0 saturated heterocycles. The minimum atomic E-state index is 0.381. The molecule has 0 heterocycles. The molecule has 2 rings (SSSR count). The number of halogens is 1. The van der Waals surface area contributed by atoms with Gasteiger partial charge in [-0.05, 0) is 68.1 Å². The Morgan fingerprint density at radius 3 is 2.44 bits per heavy atom. The molecule has 1 heteroatoms. The van der Waals surface area contributed by atoms with Gasteiger partial charge in [0.2, 0.25) is 0 Å². The molecule has 1 aromatic rings. The zero-order valence-electron chi connectivity index (χ0n) is 11.9. The average Bonchev–Trinajstić information content (AvgIpc) is 2.36. The Bertz CT molecular complexity index is 376. The van der Waals surface area contributed by atoms with Gasteiger partial charge in [-0.2, -0.15) is 0 Å². The van der Waals surface area contributed by atoms with Crippen LogP contribution in [0.5, 0.6) is 0 Å². The zero-order valence-corrected chi connectivity index (χ0v) is 12.6. The van der Waals surface area contributed by atoms with E-state index in [1.165, 1.54) is 48.8 Å². The summed E-state index contributed by atoms with van der Waals surface area (Å²) in [6, 6.07) is 6.61. The minimum Gasteiger partial charge on any atom is -0.123 e. The van der Waals surface area contributed by atoms with E-state index in [4.69, 9.17) is 11.6 Å². The molecule has 1 saturated carbocycles. The monoisotopic (exact) mass is 264 g/mol. The van der Waals surface area contributed by atoms with Crippen molar-refractivity contribution in [3.8, 4) is 0 Å². The molecule has 0 radical (unpaired) electrons. The Morgan fingerprint density at radius 1 is 1.17 bits per heavy atom. The summed E-state index contributed by atoms with van der Waals surface area (Å²) in [4.78, 5) is 0. The summed E-state index contributed by atoms with van der Waals surface area (Å²) in [7, 11) is 0. The van der Waals surface area contributed by atoms with Gasteiger partial charge in [-0.25, -0.2) is 0 Å². The number of aryl methyl sites for hydroxylation is 2. The summed E-state index contributed by atoms with van der Waals surface area (Å²) < 4.78 is 0. The van der Waals surface area contributed by atoms with E-state index in [2.05, 4.69) is 39.0 Å². The standard InChI is InChI=1S/C17H25Cl/c1-4-14-8-9-17(18)15(10-14)11-16-12(2)6-5-7-13(16)3/h5-7,14-15,17H,4,8-11H2,1-3H3. The number of rotatable bonds is 3. The maximum absolute atomic E-state index is 6.56. The third-order valence-corrected chi connectivity index (χ3v) is 5.26.